The third-order valence-electron chi connectivity index (χ3n) is 1.57. The average Bonchev–Trinajstić information content (AvgIpc) is 1.78. The van der Waals surface area contributed by atoms with E-state index in [4.69, 9.17) is 5.73 Å². The first-order chi connectivity index (χ1) is 5.87. The third kappa shape index (κ3) is 3.38. The van der Waals surface area contributed by atoms with E-state index in [1.165, 1.54) is 0 Å². The molecule has 0 unspecified atom stereocenters. The largest absolute Gasteiger partial charge is 0.345 e. The van der Waals surface area contributed by atoms with E-state index in [1.807, 2.05) is 26.8 Å². The zero-order valence-electron chi connectivity index (χ0n) is 8.22. The van der Waals surface area contributed by atoms with Gasteiger partial charge in [-0.1, -0.05) is 0 Å². The van der Waals surface area contributed by atoms with Crippen LogP contribution in [0.2, 0.25) is 0 Å². The monoisotopic (exact) mass is 181 g/mol. The summed E-state index contributed by atoms with van der Waals surface area (Å²) in [6.45, 7) is 5.65. The summed E-state index contributed by atoms with van der Waals surface area (Å²) in [6.07, 6.45) is 0.609. The number of aromatic amines is 1. The maximum absolute atomic E-state index is 11.0. The van der Waals surface area contributed by atoms with Gasteiger partial charge in [-0.2, -0.15) is 4.98 Å². The fraction of sp³-hybridized carbons (Fsp3) is 0.556. The van der Waals surface area contributed by atoms with Crippen molar-refractivity contribution in [3.05, 3.63) is 27.9 Å². The maximum Gasteiger partial charge on any atom is 0.345 e. The Bertz CT molecular complexity index is 349. The normalized spacial score (nSPS) is 11.7. The smallest absolute Gasteiger partial charge is 0.325 e. The molecule has 1 aromatic rings. The van der Waals surface area contributed by atoms with Gasteiger partial charge in [0, 0.05) is 23.3 Å². The summed E-state index contributed by atoms with van der Waals surface area (Å²) in [5.41, 5.74) is 6.75. The van der Waals surface area contributed by atoms with E-state index in [0.29, 0.717) is 6.42 Å². The maximum atomic E-state index is 11.0. The van der Waals surface area contributed by atoms with Gasteiger partial charge in [-0.05, 0) is 26.8 Å². The molecule has 1 aromatic heterocycles. The lowest BCUT2D eigenvalue weighted by atomic mass is 10.00. The van der Waals surface area contributed by atoms with Crippen molar-refractivity contribution >= 4 is 0 Å². The predicted molar refractivity (Wildman–Crippen MR) is 51.6 cm³/mol. The molecule has 0 saturated carbocycles. The minimum Gasteiger partial charge on any atom is -0.325 e. The Hall–Kier alpha value is -1.16. The minimum absolute atomic E-state index is 0.306. The fourth-order valence-electron chi connectivity index (χ4n) is 1.20. The van der Waals surface area contributed by atoms with E-state index in [-0.39, 0.29) is 11.2 Å². The van der Waals surface area contributed by atoms with Gasteiger partial charge in [0.2, 0.25) is 0 Å². The molecule has 1 rings (SSSR count). The van der Waals surface area contributed by atoms with E-state index < -0.39 is 0 Å². The quantitative estimate of drug-likeness (QED) is 0.692. The Labute approximate surface area is 77.2 Å². The van der Waals surface area contributed by atoms with Gasteiger partial charge >= 0.3 is 5.69 Å². The van der Waals surface area contributed by atoms with Gasteiger partial charge in [0.1, 0.15) is 0 Å². The Morgan fingerprint density at radius 1 is 1.62 bits per heavy atom. The number of hydrogen-bond acceptors (Lipinski definition) is 3. The highest BCUT2D eigenvalue weighted by Gasteiger charge is 2.12. The van der Waals surface area contributed by atoms with Crippen molar-refractivity contribution < 1.29 is 0 Å². The Morgan fingerprint density at radius 3 is 2.69 bits per heavy atom. The molecule has 0 amide bonds. The second kappa shape index (κ2) is 3.30. The van der Waals surface area contributed by atoms with E-state index >= 15 is 0 Å². The number of nitrogens with one attached hydrogen (secondary N) is 1. The first kappa shape index (κ1) is 9.92. The van der Waals surface area contributed by atoms with Crippen LogP contribution in [0, 0.1) is 6.92 Å². The highest BCUT2D eigenvalue weighted by molar-refractivity contribution is 5.09. The van der Waals surface area contributed by atoms with Crippen LogP contribution in [0.1, 0.15) is 25.2 Å². The average molecular weight is 181 g/mol. The highest BCUT2D eigenvalue weighted by atomic mass is 16.1. The van der Waals surface area contributed by atoms with Crippen LogP contribution < -0.4 is 11.4 Å². The molecule has 0 radical (unpaired) electrons. The number of H-pyrrole nitrogens is 1. The molecule has 72 valence electrons. The van der Waals surface area contributed by atoms with E-state index in [1.54, 1.807) is 0 Å². The second-order valence-corrected chi connectivity index (χ2v) is 4.03. The molecule has 13 heavy (non-hydrogen) atoms. The molecular weight excluding hydrogens is 166 g/mol. The number of nitrogens with zero attached hydrogens (tertiary/aromatic N) is 1. The van der Waals surface area contributed by atoms with Crippen molar-refractivity contribution in [2.75, 3.05) is 0 Å². The Balaban J connectivity index is 2.96. The van der Waals surface area contributed by atoms with Crippen molar-refractivity contribution in [3.63, 3.8) is 0 Å². The summed E-state index contributed by atoms with van der Waals surface area (Å²) >= 11 is 0. The summed E-state index contributed by atoms with van der Waals surface area (Å²) < 4.78 is 0. The first-order valence-electron chi connectivity index (χ1n) is 4.22. The molecule has 0 saturated heterocycles. The summed E-state index contributed by atoms with van der Waals surface area (Å²) in [7, 11) is 0. The number of hydrogen-bond donors (Lipinski definition) is 2. The number of aromatic nitrogens is 2. The molecule has 1 heterocycles. The van der Waals surface area contributed by atoms with Crippen LogP contribution in [-0.4, -0.2) is 15.5 Å². The predicted octanol–water partition coefficient (Wildman–Crippen LogP) is 0.358. The summed E-state index contributed by atoms with van der Waals surface area (Å²) in [4.78, 5) is 17.4. The number of nitrogens with two attached hydrogens (primary N) is 1. The van der Waals surface area contributed by atoms with Crippen molar-refractivity contribution in [1.29, 1.82) is 0 Å². The number of aryl methyl sites for hydroxylation is 1. The SMILES string of the molecule is Cc1cc(CC(C)(C)N)nc(=O)[nH]1. The van der Waals surface area contributed by atoms with Crippen LogP contribution in [0.5, 0.6) is 0 Å². The molecule has 0 atom stereocenters. The molecule has 0 aliphatic heterocycles. The van der Waals surface area contributed by atoms with Crippen LogP contribution in [0.15, 0.2) is 10.9 Å². The molecule has 0 aliphatic rings. The summed E-state index contributed by atoms with van der Waals surface area (Å²) in [5.74, 6) is 0. The molecule has 0 aromatic carbocycles. The van der Waals surface area contributed by atoms with Crippen LogP contribution in [-0.2, 0) is 6.42 Å². The Kier molecular flexibility index (Phi) is 2.52. The third-order valence-corrected chi connectivity index (χ3v) is 1.57. The second-order valence-electron chi connectivity index (χ2n) is 4.03. The van der Waals surface area contributed by atoms with Crippen molar-refractivity contribution in [3.8, 4) is 0 Å². The standard InChI is InChI=1S/C9H15N3O/c1-6-4-7(5-9(2,3)10)12-8(13)11-6/h4H,5,10H2,1-3H3,(H,11,12,13). The summed E-state index contributed by atoms with van der Waals surface area (Å²) in [5, 5.41) is 0. The first-order valence-corrected chi connectivity index (χ1v) is 4.22. The van der Waals surface area contributed by atoms with E-state index in [0.717, 1.165) is 11.4 Å². The van der Waals surface area contributed by atoms with E-state index in [2.05, 4.69) is 9.97 Å². The number of rotatable bonds is 2. The van der Waals surface area contributed by atoms with Crippen LogP contribution in [0.4, 0.5) is 0 Å². The molecule has 3 N–H and O–H groups in total. The van der Waals surface area contributed by atoms with Gasteiger partial charge in [0.25, 0.3) is 0 Å². The van der Waals surface area contributed by atoms with Crippen LogP contribution in [0.3, 0.4) is 0 Å². The van der Waals surface area contributed by atoms with Crippen molar-refractivity contribution in [2.45, 2.75) is 32.7 Å². The molecule has 4 nitrogen and oxygen atoms in total. The lowest BCUT2D eigenvalue weighted by Crippen LogP contribution is -2.35. The van der Waals surface area contributed by atoms with Crippen LogP contribution >= 0.6 is 0 Å². The lowest BCUT2D eigenvalue weighted by molar-refractivity contribution is 0.508. The van der Waals surface area contributed by atoms with Gasteiger partial charge in [0.15, 0.2) is 0 Å². The van der Waals surface area contributed by atoms with Crippen LogP contribution in [0.25, 0.3) is 0 Å². The Morgan fingerprint density at radius 2 is 2.23 bits per heavy atom. The molecule has 0 spiro atoms. The molecular formula is C9H15N3O. The van der Waals surface area contributed by atoms with Gasteiger partial charge in [-0.3, -0.25) is 0 Å². The molecule has 0 fully saturated rings. The zero-order valence-corrected chi connectivity index (χ0v) is 8.22. The zero-order chi connectivity index (χ0) is 10.1. The van der Waals surface area contributed by atoms with Gasteiger partial charge in [-0.25, -0.2) is 4.79 Å². The molecule has 0 aliphatic carbocycles. The van der Waals surface area contributed by atoms with Gasteiger partial charge in [-0.15, -0.1) is 0 Å². The minimum atomic E-state index is -0.326. The van der Waals surface area contributed by atoms with Crippen molar-refractivity contribution in [1.82, 2.24) is 9.97 Å². The lowest BCUT2D eigenvalue weighted by Gasteiger charge is -2.17. The van der Waals surface area contributed by atoms with Gasteiger partial charge < -0.3 is 10.7 Å². The fourth-order valence-corrected chi connectivity index (χ4v) is 1.20. The topological polar surface area (TPSA) is 71.8 Å². The molecule has 4 heteroatoms. The van der Waals surface area contributed by atoms with E-state index in [9.17, 15) is 4.79 Å². The van der Waals surface area contributed by atoms with Gasteiger partial charge in [0.05, 0.1) is 0 Å². The molecule has 0 bridgehead atoms. The highest BCUT2D eigenvalue weighted by Crippen LogP contribution is 2.06. The summed E-state index contributed by atoms with van der Waals surface area (Å²) in [6, 6.07) is 1.84. The van der Waals surface area contributed by atoms with Crippen molar-refractivity contribution in [2.24, 2.45) is 5.73 Å².